The van der Waals surface area contributed by atoms with Gasteiger partial charge in [0.2, 0.25) is 15.9 Å². The van der Waals surface area contributed by atoms with Crippen LogP contribution in [0.4, 0.5) is 5.82 Å². The van der Waals surface area contributed by atoms with E-state index in [0.717, 1.165) is 18.4 Å². The Kier molecular flexibility index (Phi) is 4.96. The molecule has 3 heterocycles. The molecule has 0 radical (unpaired) electrons. The number of sulfonamides is 1. The van der Waals surface area contributed by atoms with Gasteiger partial charge >= 0.3 is 0 Å². The van der Waals surface area contributed by atoms with Crippen LogP contribution in [-0.2, 0) is 16.6 Å². The van der Waals surface area contributed by atoms with E-state index in [1.807, 2.05) is 12.1 Å². The maximum atomic E-state index is 12.4. The first-order valence-electron chi connectivity index (χ1n) is 7.79. The van der Waals surface area contributed by atoms with E-state index in [1.54, 1.807) is 25.4 Å². The summed E-state index contributed by atoms with van der Waals surface area (Å²) in [7, 11) is -1.85. The summed E-state index contributed by atoms with van der Waals surface area (Å²) >= 11 is 0. The molecule has 1 aliphatic heterocycles. The maximum Gasteiger partial charge on any atom is 0.244 e. The van der Waals surface area contributed by atoms with Crippen LogP contribution in [0.3, 0.4) is 0 Å². The first-order chi connectivity index (χ1) is 11.6. The molecule has 0 spiro atoms. The van der Waals surface area contributed by atoms with Gasteiger partial charge in [-0.15, -0.1) is 0 Å². The van der Waals surface area contributed by atoms with Crippen molar-refractivity contribution in [2.75, 3.05) is 25.5 Å². The number of pyridine rings is 2. The second-order valence-corrected chi connectivity index (χ2v) is 7.45. The fraction of sp³-hybridized carbons (Fsp3) is 0.375. The fourth-order valence-electron chi connectivity index (χ4n) is 2.64. The highest BCUT2D eigenvalue weighted by Gasteiger charge is 2.27. The smallest absolute Gasteiger partial charge is 0.244 e. The molecule has 7 nitrogen and oxygen atoms in total. The number of anilines is 1. The number of hydrogen-bond donors (Lipinski definition) is 1. The average Bonchev–Trinajstić information content (AvgIpc) is 3.16. The summed E-state index contributed by atoms with van der Waals surface area (Å²) in [5.74, 6) is 1.15. The van der Waals surface area contributed by atoms with Crippen molar-refractivity contribution in [2.45, 2.75) is 24.3 Å². The summed E-state index contributed by atoms with van der Waals surface area (Å²) in [5, 5.41) is 3.14. The number of rotatable bonds is 6. The Bertz CT molecular complexity index is 787. The summed E-state index contributed by atoms with van der Waals surface area (Å²) in [5.41, 5.74) is 0.899. The predicted octanol–water partition coefficient (Wildman–Crippen LogP) is 1.88. The molecule has 1 N–H and O–H groups in total. The van der Waals surface area contributed by atoms with Crippen molar-refractivity contribution < 1.29 is 13.2 Å². The normalized spacial score (nSPS) is 15.4. The van der Waals surface area contributed by atoms with Crippen molar-refractivity contribution in [3.63, 3.8) is 0 Å². The molecule has 8 heteroatoms. The molecule has 0 bridgehead atoms. The minimum Gasteiger partial charge on any atom is -0.481 e. The van der Waals surface area contributed by atoms with E-state index in [1.165, 1.54) is 10.5 Å². The highest BCUT2D eigenvalue weighted by molar-refractivity contribution is 7.89. The van der Waals surface area contributed by atoms with Crippen molar-refractivity contribution in [3.05, 3.63) is 42.2 Å². The lowest BCUT2D eigenvalue weighted by Gasteiger charge is -2.15. The Labute approximate surface area is 141 Å². The molecule has 0 atom stereocenters. The Morgan fingerprint density at radius 1 is 1.21 bits per heavy atom. The second-order valence-electron chi connectivity index (χ2n) is 5.52. The summed E-state index contributed by atoms with van der Waals surface area (Å²) in [6, 6.07) is 7.00. The number of methoxy groups -OCH3 is 1. The largest absolute Gasteiger partial charge is 0.481 e. The van der Waals surface area contributed by atoms with Gasteiger partial charge in [0.1, 0.15) is 10.7 Å². The highest BCUT2D eigenvalue weighted by atomic mass is 32.2. The molecule has 0 amide bonds. The molecule has 0 unspecified atom stereocenters. The van der Waals surface area contributed by atoms with E-state index < -0.39 is 10.0 Å². The molecule has 0 aliphatic carbocycles. The van der Waals surface area contributed by atoms with Crippen LogP contribution >= 0.6 is 0 Å². The third-order valence-electron chi connectivity index (χ3n) is 3.94. The van der Waals surface area contributed by atoms with E-state index in [-0.39, 0.29) is 4.90 Å². The molecule has 0 saturated carbocycles. The highest BCUT2D eigenvalue weighted by Crippen LogP contribution is 2.21. The number of aromatic nitrogens is 2. The van der Waals surface area contributed by atoms with Gasteiger partial charge in [-0.1, -0.05) is 6.07 Å². The van der Waals surface area contributed by atoms with Crippen LogP contribution in [0, 0.1) is 0 Å². The summed E-state index contributed by atoms with van der Waals surface area (Å²) < 4.78 is 31.6. The molecule has 1 aliphatic rings. The Morgan fingerprint density at radius 3 is 2.67 bits per heavy atom. The maximum absolute atomic E-state index is 12.4. The van der Waals surface area contributed by atoms with Crippen molar-refractivity contribution in [2.24, 2.45) is 0 Å². The molecular formula is C16H20N4O3S. The predicted molar refractivity (Wildman–Crippen MR) is 90.3 cm³/mol. The second kappa shape index (κ2) is 7.14. The van der Waals surface area contributed by atoms with Crippen LogP contribution in [0.25, 0.3) is 0 Å². The lowest BCUT2D eigenvalue weighted by Crippen LogP contribution is -2.27. The molecule has 128 valence electrons. The quantitative estimate of drug-likeness (QED) is 0.858. The lowest BCUT2D eigenvalue weighted by atomic mass is 10.2. The van der Waals surface area contributed by atoms with E-state index in [0.29, 0.717) is 31.3 Å². The Morgan fingerprint density at radius 2 is 2.00 bits per heavy atom. The number of nitrogens with one attached hydrogen (secondary N) is 1. The van der Waals surface area contributed by atoms with Crippen molar-refractivity contribution >= 4 is 15.8 Å². The monoisotopic (exact) mass is 348 g/mol. The van der Waals surface area contributed by atoms with Crippen LogP contribution < -0.4 is 10.1 Å². The van der Waals surface area contributed by atoms with Crippen LogP contribution in [0.15, 0.2) is 41.6 Å². The number of ether oxygens (including phenoxy) is 1. The van der Waals surface area contributed by atoms with Crippen molar-refractivity contribution in [3.8, 4) is 5.88 Å². The van der Waals surface area contributed by atoms with Gasteiger partial charge < -0.3 is 10.1 Å². The Balaban J connectivity index is 1.68. The summed E-state index contributed by atoms with van der Waals surface area (Å²) in [6.45, 7) is 1.66. The molecule has 1 saturated heterocycles. The average molecular weight is 348 g/mol. The molecular weight excluding hydrogens is 328 g/mol. The SMILES string of the molecule is COc1ncccc1CNc1ccc(S(=O)(=O)N2CCCC2)cn1. The van der Waals surface area contributed by atoms with E-state index in [2.05, 4.69) is 15.3 Å². The number of nitrogens with zero attached hydrogens (tertiary/aromatic N) is 3. The lowest BCUT2D eigenvalue weighted by molar-refractivity contribution is 0.393. The molecule has 1 fully saturated rings. The molecule has 3 rings (SSSR count). The standard InChI is InChI=1S/C16H20N4O3S/c1-23-16-13(5-4-8-17-16)11-18-15-7-6-14(12-19-15)24(21,22)20-9-2-3-10-20/h4-8,12H,2-3,9-11H2,1H3,(H,18,19). The first kappa shape index (κ1) is 16.7. The fourth-order valence-corrected chi connectivity index (χ4v) is 4.11. The minimum atomic E-state index is -3.42. The van der Waals surface area contributed by atoms with Crippen LogP contribution in [-0.4, -0.2) is 42.9 Å². The third kappa shape index (κ3) is 3.49. The Hall–Kier alpha value is -2.19. The van der Waals surface area contributed by atoms with Gasteiger partial charge in [0, 0.05) is 37.6 Å². The van der Waals surface area contributed by atoms with Crippen LogP contribution in [0.1, 0.15) is 18.4 Å². The number of hydrogen-bond acceptors (Lipinski definition) is 6. The minimum absolute atomic E-state index is 0.230. The summed E-state index contributed by atoms with van der Waals surface area (Å²) in [4.78, 5) is 8.57. The van der Waals surface area contributed by atoms with Gasteiger partial charge in [0.25, 0.3) is 0 Å². The topological polar surface area (TPSA) is 84.4 Å². The van der Waals surface area contributed by atoms with Gasteiger partial charge in [-0.2, -0.15) is 4.31 Å². The van der Waals surface area contributed by atoms with Crippen molar-refractivity contribution in [1.29, 1.82) is 0 Å². The third-order valence-corrected chi connectivity index (χ3v) is 5.82. The van der Waals surface area contributed by atoms with Crippen LogP contribution in [0.2, 0.25) is 0 Å². The molecule has 2 aromatic heterocycles. The van der Waals surface area contributed by atoms with Gasteiger partial charge in [-0.25, -0.2) is 18.4 Å². The zero-order chi connectivity index (χ0) is 17.0. The van der Waals surface area contributed by atoms with Gasteiger partial charge in [0.15, 0.2) is 0 Å². The zero-order valence-electron chi connectivity index (χ0n) is 13.5. The van der Waals surface area contributed by atoms with Crippen LogP contribution in [0.5, 0.6) is 5.88 Å². The molecule has 0 aromatic carbocycles. The summed E-state index contributed by atoms with van der Waals surface area (Å²) in [6.07, 6.45) is 4.90. The van der Waals surface area contributed by atoms with Gasteiger partial charge in [0.05, 0.1) is 7.11 Å². The van der Waals surface area contributed by atoms with E-state index >= 15 is 0 Å². The van der Waals surface area contributed by atoms with Gasteiger partial charge in [-0.3, -0.25) is 0 Å². The molecule has 2 aromatic rings. The van der Waals surface area contributed by atoms with E-state index in [4.69, 9.17) is 4.74 Å². The van der Waals surface area contributed by atoms with E-state index in [9.17, 15) is 8.42 Å². The first-order valence-corrected chi connectivity index (χ1v) is 9.23. The van der Waals surface area contributed by atoms with Gasteiger partial charge in [-0.05, 0) is 31.0 Å². The molecule has 24 heavy (non-hydrogen) atoms. The zero-order valence-corrected chi connectivity index (χ0v) is 14.3. The van der Waals surface area contributed by atoms with Crippen molar-refractivity contribution in [1.82, 2.24) is 14.3 Å².